The van der Waals surface area contributed by atoms with Crippen molar-refractivity contribution in [3.05, 3.63) is 110 Å². The maximum atomic E-state index is 13.9. The molecule has 42 heavy (non-hydrogen) atoms. The highest BCUT2D eigenvalue weighted by molar-refractivity contribution is 7.52. The Kier molecular flexibility index (Phi) is 9.63. The second kappa shape index (κ2) is 13.2. The van der Waals surface area contributed by atoms with E-state index >= 15 is 0 Å². The van der Waals surface area contributed by atoms with Gasteiger partial charge in [-0.05, 0) is 37.1 Å². The van der Waals surface area contributed by atoms with E-state index in [2.05, 4.69) is 20.1 Å². The first-order valence-corrected chi connectivity index (χ1v) is 14.3. The van der Waals surface area contributed by atoms with Gasteiger partial charge in [-0.3, -0.25) is 23.7 Å². The Hall–Kier alpha value is -4.23. The molecule has 1 aliphatic rings. The number of nitrogens with zero attached hydrogens (tertiary/aromatic N) is 4. The van der Waals surface area contributed by atoms with Crippen LogP contribution < -0.4 is 20.9 Å². The average Bonchev–Trinajstić information content (AvgIpc) is 3.21. The van der Waals surface area contributed by atoms with Crippen LogP contribution in [0.25, 0.3) is 10.4 Å². The summed E-state index contributed by atoms with van der Waals surface area (Å²) in [7, 11) is -4.35. The van der Waals surface area contributed by atoms with Crippen LogP contribution >= 0.6 is 7.75 Å². The highest BCUT2D eigenvalue weighted by Crippen LogP contribution is 2.47. The summed E-state index contributed by atoms with van der Waals surface area (Å²) >= 11 is 0. The zero-order valence-electron chi connectivity index (χ0n) is 22.6. The van der Waals surface area contributed by atoms with Crippen molar-refractivity contribution in [3.8, 4) is 5.75 Å². The first kappa shape index (κ1) is 30.7. The van der Waals surface area contributed by atoms with Gasteiger partial charge < -0.3 is 19.1 Å². The zero-order valence-corrected chi connectivity index (χ0v) is 23.5. The van der Waals surface area contributed by atoms with E-state index in [4.69, 9.17) is 24.1 Å². The zero-order chi connectivity index (χ0) is 30.3. The number of nitrogens with one attached hydrogen (secondary N) is 2. The molecular formula is C26H29N6O9P. The molecular weight excluding hydrogens is 571 g/mol. The molecule has 0 bridgehead atoms. The lowest BCUT2D eigenvalue weighted by atomic mass is 9.93. The predicted molar refractivity (Wildman–Crippen MR) is 148 cm³/mol. The second-order valence-electron chi connectivity index (χ2n) is 9.55. The van der Waals surface area contributed by atoms with Crippen molar-refractivity contribution in [2.24, 2.45) is 5.11 Å². The number of carbonyl (C=O) groups excluding carboxylic acids is 1. The fraction of sp³-hybridized carbons (Fsp3) is 0.346. The first-order valence-electron chi connectivity index (χ1n) is 12.7. The number of ether oxygens (including phenoxy) is 2. The van der Waals surface area contributed by atoms with E-state index in [0.29, 0.717) is 0 Å². The maximum Gasteiger partial charge on any atom is 0.459 e. The molecule has 3 aromatic rings. The highest BCUT2D eigenvalue weighted by atomic mass is 31.2. The average molecular weight is 601 g/mol. The molecule has 1 unspecified atom stereocenters. The molecule has 0 spiro atoms. The van der Waals surface area contributed by atoms with Crippen LogP contribution in [0.1, 0.15) is 25.6 Å². The van der Waals surface area contributed by atoms with E-state index in [9.17, 15) is 24.1 Å². The van der Waals surface area contributed by atoms with Gasteiger partial charge in [0.1, 0.15) is 30.0 Å². The minimum absolute atomic E-state index is 0.0119. The smallest absolute Gasteiger partial charge is 0.459 e. The molecule has 0 aliphatic carbocycles. The van der Waals surface area contributed by atoms with Gasteiger partial charge in [-0.15, -0.1) is 0 Å². The van der Waals surface area contributed by atoms with Gasteiger partial charge in [0.05, 0.1) is 12.7 Å². The third-order valence-corrected chi connectivity index (χ3v) is 8.07. The molecule has 222 valence electrons. The van der Waals surface area contributed by atoms with Crippen molar-refractivity contribution in [2.75, 3.05) is 6.61 Å². The molecule has 15 nitrogen and oxygen atoms in total. The Balaban J connectivity index is 1.52. The SMILES string of the molecule is C[C@@H](NP(=O)(OC[C@H]1O[C@@H](n2ccc(=O)[nH]c2=O)[C@](C)(N=[N+]=[N-])[C@@H]1O)Oc1ccccc1)C(=O)OCc1ccccc1. The van der Waals surface area contributed by atoms with E-state index in [1.54, 1.807) is 42.5 Å². The summed E-state index contributed by atoms with van der Waals surface area (Å²) in [5.41, 5.74) is 6.64. The Bertz CT molecular complexity index is 1590. The van der Waals surface area contributed by atoms with Gasteiger partial charge in [-0.25, -0.2) is 9.36 Å². The van der Waals surface area contributed by atoms with E-state index in [1.165, 1.54) is 26.0 Å². The standard InChI is InChI=1S/C26H29N6O9P/c1-17(23(35)38-15-18-9-5-3-6-10-18)29-42(37,41-19-11-7-4-8-12-19)39-16-20-22(34)26(2,30-31-27)24(40-20)32-14-13-21(33)28-25(32)36/h3-14,17,20,22,24,34H,15-16H2,1-2H3,(H,29,37)(H,28,33,36)/t17-,20-,22-,24-,26-,42?/m1/s1. The highest BCUT2D eigenvalue weighted by Gasteiger charge is 2.55. The lowest BCUT2D eigenvalue weighted by Crippen LogP contribution is -2.45. The van der Waals surface area contributed by atoms with Crippen molar-refractivity contribution >= 4 is 13.7 Å². The summed E-state index contributed by atoms with van der Waals surface area (Å²) in [6, 6.07) is 16.9. The molecule has 1 aromatic heterocycles. The van der Waals surface area contributed by atoms with Crippen LogP contribution in [0.4, 0.5) is 0 Å². The number of para-hydroxylation sites is 1. The van der Waals surface area contributed by atoms with E-state index < -0.39 is 61.6 Å². The fourth-order valence-corrected chi connectivity index (χ4v) is 5.72. The molecule has 3 N–H and O–H groups in total. The van der Waals surface area contributed by atoms with E-state index in [-0.39, 0.29) is 12.4 Å². The van der Waals surface area contributed by atoms with Crippen molar-refractivity contribution in [3.63, 3.8) is 0 Å². The van der Waals surface area contributed by atoms with Crippen LogP contribution in [-0.4, -0.2) is 51.0 Å². The number of hydrogen-bond acceptors (Lipinski definition) is 10. The number of carbonyl (C=O) groups is 1. The third kappa shape index (κ3) is 7.15. The van der Waals surface area contributed by atoms with Crippen molar-refractivity contribution in [1.82, 2.24) is 14.6 Å². The van der Waals surface area contributed by atoms with E-state index in [0.717, 1.165) is 22.4 Å². The third-order valence-electron chi connectivity index (χ3n) is 6.43. The minimum Gasteiger partial charge on any atom is -0.460 e. The number of aliphatic hydroxyl groups excluding tert-OH is 1. The van der Waals surface area contributed by atoms with Gasteiger partial charge in [-0.1, -0.05) is 53.6 Å². The summed E-state index contributed by atoms with van der Waals surface area (Å²) in [4.78, 5) is 41.5. The van der Waals surface area contributed by atoms with Crippen LogP contribution in [0.5, 0.6) is 5.75 Å². The quantitative estimate of drug-likeness (QED) is 0.0910. The predicted octanol–water partition coefficient (Wildman–Crippen LogP) is 2.79. The number of aromatic amines is 1. The molecule has 0 saturated carbocycles. The molecule has 0 radical (unpaired) electrons. The van der Waals surface area contributed by atoms with Gasteiger partial charge in [0.15, 0.2) is 6.23 Å². The van der Waals surface area contributed by atoms with Crippen LogP contribution in [0.3, 0.4) is 0 Å². The van der Waals surface area contributed by atoms with Gasteiger partial charge in [0.2, 0.25) is 0 Å². The summed E-state index contributed by atoms with van der Waals surface area (Å²) in [6.07, 6.45) is -3.09. The fourth-order valence-electron chi connectivity index (χ4n) is 4.22. The number of benzene rings is 2. The number of hydrogen-bond donors (Lipinski definition) is 3. The van der Waals surface area contributed by atoms with Gasteiger partial charge in [0, 0.05) is 17.2 Å². The van der Waals surface area contributed by atoms with Crippen LogP contribution in [0, 0.1) is 0 Å². The molecule has 16 heteroatoms. The molecule has 1 aliphatic heterocycles. The molecule has 4 rings (SSSR count). The van der Waals surface area contributed by atoms with Crippen LogP contribution in [0.15, 0.2) is 87.6 Å². The Labute approximate surface area is 239 Å². The summed E-state index contributed by atoms with van der Waals surface area (Å²) < 4.78 is 37.2. The summed E-state index contributed by atoms with van der Waals surface area (Å²) in [6.45, 7) is 2.16. The number of esters is 1. The Morgan fingerprint density at radius 3 is 2.52 bits per heavy atom. The maximum absolute atomic E-state index is 13.9. The van der Waals surface area contributed by atoms with Crippen LogP contribution in [0.2, 0.25) is 0 Å². The molecule has 1 fully saturated rings. The number of aliphatic hydroxyl groups is 1. The lowest BCUT2D eigenvalue weighted by molar-refractivity contribution is -0.146. The molecule has 6 atom stereocenters. The Morgan fingerprint density at radius 1 is 1.21 bits per heavy atom. The van der Waals surface area contributed by atoms with E-state index in [1.807, 2.05) is 6.07 Å². The van der Waals surface area contributed by atoms with Gasteiger partial charge >= 0.3 is 19.4 Å². The first-order chi connectivity index (χ1) is 20.0. The van der Waals surface area contributed by atoms with Crippen molar-refractivity contribution in [1.29, 1.82) is 0 Å². The number of H-pyrrole nitrogens is 1. The van der Waals surface area contributed by atoms with Crippen molar-refractivity contribution < 1.29 is 33.0 Å². The van der Waals surface area contributed by atoms with Gasteiger partial charge in [0.25, 0.3) is 5.56 Å². The lowest BCUT2D eigenvalue weighted by Gasteiger charge is -2.28. The molecule has 1 saturated heterocycles. The summed E-state index contributed by atoms with van der Waals surface area (Å²) in [5, 5.41) is 17.3. The molecule has 2 heterocycles. The van der Waals surface area contributed by atoms with Gasteiger partial charge in [-0.2, -0.15) is 5.09 Å². The largest absolute Gasteiger partial charge is 0.460 e. The second-order valence-corrected chi connectivity index (χ2v) is 11.2. The number of azide groups is 1. The Morgan fingerprint density at radius 2 is 1.88 bits per heavy atom. The molecule has 2 aromatic carbocycles. The summed E-state index contributed by atoms with van der Waals surface area (Å²) in [5.74, 6) is -0.576. The minimum atomic E-state index is -4.35. The number of rotatable bonds is 12. The molecule has 0 amide bonds. The number of aromatic nitrogens is 2. The monoisotopic (exact) mass is 600 g/mol. The normalized spacial score (nSPS) is 23.7. The van der Waals surface area contributed by atoms with Crippen molar-refractivity contribution in [2.45, 2.75) is 50.5 Å². The topological polar surface area (TPSA) is 207 Å². The van der Waals surface area contributed by atoms with Crippen LogP contribution in [-0.2, 0) is 30.0 Å².